The van der Waals surface area contributed by atoms with Crippen LogP contribution in [0.15, 0.2) is 12.2 Å². The van der Waals surface area contributed by atoms with Crippen molar-refractivity contribution in [3.63, 3.8) is 0 Å². The summed E-state index contributed by atoms with van der Waals surface area (Å²) < 4.78 is 30.3. The lowest BCUT2D eigenvalue weighted by Crippen LogP contribution is -3.05. The number of amides is 1. The van der Waals surface area contributed by atoms with Crippen LogP contribution in [0.3, 0.4) is 0 Å². The van der Waals surface area contributed by atoms with E-state index in [1.807, 2.05) is 0 Å². The summed E-state index contributed by atoms with van der Waals surface area (Å²) in [6.07, 6.45) is 23.2. The van der Waals surface area contributed by atoms with Gasteiger partial charge in [0.2, 0.25) is 5.91 Å². The molecule has 0 aromatic heterocycles. The Morgan fingerprint density at radius 1 is 0.771 bits per heavy atom. The molecule has 198 valence electrons. The molecule has 0 aromatic rings. The molecule has 6 rings (SSSR count). The number of nitrogens with zero attached hydrogens (tertiary/aromatic N) is 1. The van der Waals surface area contributed by atoms with Crippen molar-refractivity contribution < 1.29 is 17.8 Å². The fraction of sp³-hybridized carbons (Fsp3) is 0.897. The Morgan fingerprint density at radius 2 is 1.26 bits per heavy atom. The van der Waals surface area contributed by atoms with Crippen LogP contribution in [0.5, 0.6) is 0 Å². The van der Waals surface area contributed by atoms with Crippen LogP contribution in [-0.2, 0) is 14.9 Å². The molecule has 0 aromatic carbocycles. The van der Waals surface area contributed by atoms with Crippen molar-refractivity contribution in [2.24, 2.45) is 46.8 Å². The smallest absolute Gasteiger partial charge is 0.266 e. The van der Waals surface area contributed by atoms with Gasteiger partial charge in [-0.1, -0.05) is 63.5 Å². The van der Waals surface area contributed by atoms with E-state index in [1.165, 1.54) is 104 Å². The summed E-state index contributed by atoms with van der Waals surface area (Å²) in [6.45, 7) is 0.0485. The van der Waals surface area contributed by atoms with Gasteiger partial charge < -0.3 is 4.90 Å². The van der Waals surface area contributed by atoms with Crippen LogP contribution < -0.4 is 0 Å². The Morgan fingerprint density at radius 3 is 1.80 bits per heavy atom. The SMILES string of the molecule is CN(CCS(=O)(=O)O)C(=O)CCCCCCC/C=C\CCCCCCCCC12C3C4C5C3C1C5C42. The van der Waals surface area contributed by atoms with Gasteiger partial charge in [-0.3, -0.25) is 9.35 Å². The van der Waals surface area contributed by atoms with E-state index in [0.29, 0.717) is 6.42 Å². The van der Waals surface area contributed by atoms with Gasteiger partial charge in [0, 0.05) is 20.0 Å². The van der Waals surface area contributed by atoms with Gasteiger partial charge in [0.15, 0.2) is 0 Å². The fourth-order valence-corrected chi connectivity index (χ4v) is 9.95. The van der Waals surface area contributed by atoms with Gasteiger partial charge in [0.25, 0.3) is 10.1 Å². The number of rotatable bonds is 20. The standard InChI is InChI=1S/C29H47NO4S/c1-30(19-20-35(32,33)34)21(31)17-15-13-11-9-7-5-3-2-4-6-8-10-12-14-16-18-29-26-23-22-24(26)28(29)25(22)27(23)29/h2-3,22-28H,4-20H2,1H3,(H,32,33,34)/b3-2-. The van der Waals surface area contributed by atoms with Gasteiger partial charge in [0.1, 0.15) is 0 Å². The predicted molar refractivity (Wildman–Crippen MR) is 139 cm³/mol. The molecule has 6 aliphatic rings. The monoisotopic (exact) mass is 505 g/mol. The lowest BCUT2D eigenvalue weighted by atomic mass is 8.96. The Hall–Kier alpha value is -0.880. The molecular formula is C29H47NO4S. The van der Waals surface area contributed by atoms with Crippen LogP contribution in [0.25, 0.3) is 0 Å². The van der Waals surface area contributed by atoms with E-state index >= 15 is 0 Å². The van der Waals surface area contributed by atoms with Gasteiger partial charge >= 0.3 is 0 Å². The zero-order valence-corrected chi connectivity index (χ0v) is 22.6. The maximum atomic E-state index is 11.9. The molecule has 0 aliphatic heterocycles. The minimum atomic E-state index is -4.01. The molecule has 0 bridgehead atoms. The highest BCUT2D eigenvalue weighted by atomic mass is 32.2. The average Bonchev–Trinajstić information content (AvgIpc) is 2.84. The van der Waals surface area contributed by atoms with Crippen molar-refractivity contribution in [3.05, 3.63) is 12.2 Å². The summed E-state index contributed by atoms with van der Waals surface area (Å²) in [5.41, 5.74) is 0.950. The molecule has 0 unspecified atom stereocenters. The predicted octanol–water partition coefficient (Wildman–Crippen LogP) is 6.11. The molecule has 6 fully saturated rings. The minimum Gasteiger partial charge on any atom is -0.345 e. The number of allylic oxidation sites excluding steroid dienone is 2. The molecule has 5 nitrogen and oxygen atoms in total. The van der Waals surface area contributed by atoms with Crippen LogP contribution in [-0.4, -0.2) is 43.1 Å². The Bertz CT molecular complexity index is 846. The van der Waals surface area contributed by atoms with Crippen LogP contribution >= 0.6 is 0 Å². The molecule has 1 amide bonds. The molecule has 6 saturated carbocycles. The van der Waals surface area contributed by atoms with Gasteiger partial charge in [0.05, 0.1) is 5.75 Å². The van der Waals surface area contributed by atoms with Gasteiger partial charge in [-0.05, 0) is 85.4 Å². The summed E-state index contributed by atoms with van der Waals surface area (Å²) in [4.78, 5) is 13.3. The van der Waals surface area contributed by atoms with E-state index < -0.39 is 15.9 Å². The third kappa shape index (κ3) is 4.53. The highest BCUT2D eigenvalue weighted by Crippen LogP contribution is 3.06. The third-order valence-electron chi connectivity index (χ3n) is 11.0. The highest BCUT2D eigenvalue weighted by molar-refractivity contribution is 7.85. The lowest BCUT2D eigenvalue weighted by molar-refractivity contribution is -0.616. The Balaban J connectivity index is 0.752. The molecule has 1 N–H and O–H groups in total. The second kappa shape index (κ2) is 10.5. The highest BCUT2D eigenvalue weighted by Gasteiger charge is 3.03. The van der Waals surface area contributed by atoms with E-state index in [-0.39, 0.29) is 12.5 Å². The first-order valence-corrected chi connectivity index (χ1v) is 16.3. The van der Waals surface area contributed by atoms with Crippen LogP contribution in [0.1, 0.15) is 96.3 Å². The van der Waals surface area contributed by atoms with E-state index in [0.717, 1.165) is 31.1 Å². The van der Waals surface area contributed by atoms with Crippen molar-refractivity contribution in [1.82, 2.24) is 4.90 Å². The number of carbonyl (C=O) groups excluding carboxylic acids is 1. The number of unbranched alkanes of at least 4 members (excludes halogenated alkanes) is 11. The zero-order valence-electron chi connectivity index (χ0n) is 21.7. The Kier molecular flexibility index (Phi) is 7.71. The maximum absolute atomic E-state index is 11.9. The van der Waals surface area contributed by atoms with Crippen LogP contribution in [0, 0.1) is 46.8 Å². The topological polar surface area (TPSA) is 74.7 Å². The summed E-state index contributed by atoms with van der Waals surface area (Å²) in [5, 5.41) is 0. The van der Waals surface area contributed by atoms with Crippen LogP contribution in [0.2, 0.25) is 0 Å². The fourth-order valence-electron chi connectivity index (χ4n) is 9.44. The molecule has 0 spiro atoms. The Labute approximate surface area is 213 Å². The van der Waals surface area contributed by atoms with Crippen LogP contribution in [0.4, 0.5) is 0 Å². The third-order valence-corrected chi connectivity index (χ3v) is 11.7. The van der Waals surface area contributed by atoms with Crippen molar-refractivity contribution in [2.75, 3.05) is 19.3 Å². The molecule has 0 radical (unpaired) electrons. The van der Waals surface area contributed by atoms with Crippen molar-refractivity contribution in [1.29, 1.82) is 0 Å². The van der Waals surface area contributed by atoms with E-state index in [2.05, 4.69) is 12.2 Å². The van der Waals surface area contributed by atoms with Gasteiger partial charge in [-0.25, -0.2) is 0 Å². The average molecular weight is 506 g/mol. The van der Waals surface area contributed by atoms with Gasteiger partial charge in [-0.15, -0.1) is 0 Å². The molecule has 0 heterocycles. The number of hydrogen-bond donors (Lipinski definition) is 1. The summed E-state index contributed by atoms with van der Waals surface area (Å²) >= 11 is 0. The first kappa shape index (κ1) is 25.8. The largest absolute Gasteiger partial charge is 0.345 e. The van der Waals surface area contributed by atoms with Crippen molar-refractivity contribution in [3.8, 4) is 0 Å². The normalized spacial score (nSPS) is 36.6. The second-order valence-corrected chi connectivity index (χ2v) is 14.1. The molecule has 6 aliphatic carbocycles. The molecule has 6 heteroatoms. The van der Waals surface area contributed by atoms with E-state index in [1.54, 1.807) is 13.5 Å². The molecule has 35 heavy (non-hydrogen) atoms. The molecule has 0 saturated heterocycles. The first-order chi connectivity index (χ1) is 16.9. The molecule has 0 atom stereocenters. The van der Waals surface area contributed by atoms with E-state index in [4.69, 9.17) is 4.55 Å². The number of carbonyl (C=O) groups is 1. The summed E-state index contributed by atoms with van der Waals surface area (Å²) in [7, 11) is -2.42. The van der Waals surface area contributed by atoms with Crippen molar-refractivity contribution in [2.45, 2.75) is 96.3 Å². The summed E-state index contributed by atoms with van der Waals surface area (Å²) in [6, 6.07) is 0. The quantitative estimate of drug-likeness (QED) is 0.123. The maximum Gasteiger partial charge on any atom is 0.266 e. The second-order valence-electron chi connectivity index (χ2n) is 12.5. The van der Waals surface area contributed by atoms with Gasteiger partial charge in [-0.2, -0.15) is 8.42 Å². The van der Waals surface area contributed by atoms with E-state index in [9.17, 15) is 13.2 Å². The number of hydrogen-bond acceptors (Lipinski definition) is 3. The minimum absolute atomic E-state index is 0.0485. The lowest BCUT2D eigenvalue weighted by Gasteiger charge is -3.08. The summed E-state index contributed by atoms with van der Waals surface area (Å²) in [5.74, 6) is 8.34. The zero-order chi connectivity index (χ0) is 24.6. The molecular weight excluding hydrogens is 458 g/mol. The first-order valence-electron chi connectivity index (χ1n) is 14.7. The van der Waals surface area contributed by atoms with Crippen molar-refractivity contribution >= 4 is 16.0 Å².